The zero-order valence-electron chi connectivity index (χ0n) is 10.6. The topological polar surface area (TPSA) is 64.4 Å². The van der Waals surface area contributed by atoms with E-state index >= 15 is 0 Å². The highest BCUT2D eigenvalue weighted by Gasteiger charge is 2.23. The Labute approximate surface area is 108 Å². The maximum Gasteiger partial charge on any atom is 0.241 e. The van der Waals surface area contributed by atoms with E-state index in [2.05, 4.69) is 5.32 Å². The Morgan fingerprint density at radius 3 is 2.83 bits per heavy atom. The van der Waals surface area contributed by atoms with Crippen LogP contribution in [0.3, 0.4) is 0 Å². The van der Waals surface area contributed by atoms with Crippen molar-refractivity contribution in [3.8, 4) is 0 Å². The third-order valence-corrected chi connectivity index (χ3v) is 3.27. The number of hydrogen-bond donors (Lipinski definition) is 2. The second kappa shape index (κ2) is 5.98. The first-order valence-electron chi connectivity index (χ1n) is 6.39. The fourth-order valence-electron chi connectivity index (χ4n) is 2.23. The highest BCUT2D eigenvalue weighted by Crippen LogP contribution is 2.15. The molecule has 1 fully saturated rings. The van der Waals surface area contributed by atoms with Crippen molar-refractivity contribution in [3.63, 3.8) is 0 Å². The molecule has 0 spiro atoms. The lowest BCUT2D eigenvalue weighted by Crippen LogP contribution is -2.44. The van der Waals surface area contributed by atoms with Gasteiger partial charge in [0.25, 0.3) is 0 Å². The van der Waals surface area contributed by atoms with Gasteiger partial charge in [0.15, 0.2) is 0 Å². The van der Waals surface area contributed by atoms with Gasteiger partial charge in [-0.1, -0.05) is 30.3 Å². The van der Waals surface area contributed by atoms with Crippen LogP contribution in [0.1, 0.15) is 31.4 Å². The third kappa shape index (κ3) is 3.31. The van der Waals surface area contributed by atoms with Crippen molar-refractivity contribution in [1.29, 1.82) is 0 Å². The smallest absolute Gasteiger partial charge is 0.241 e. The summed E-state index contributed by atoms with van der Waals surface area (Å²) in [6, 6.07) is 9.01. The maximum atomic E-state index is 12.0. The SMILES string of the molecule is CC1CC(NC(=O)C(N)c2ccccc2)CCO1. The van der Waals surface area contributed by atoms with Crippen LogP contribution in [0.4, 0.5) is 0 Å². The van der Waals surface area contributed by atoms with E-state index in [1.165, 1.54) is 0 Å². The predicted octanol–water partition coefficient (Wildman–Crippen LogP) is 1.37. The highest BCUT2D eigenvalue weighted by atomic mass is 16.5. The Morgan fingerprint density at radius 1 is 1.44 bits per heavy atom. The molecule has 1 aliphatic rings. The van der Waals surface area contributed by atoms with Crippen LogP contribution < -0.4 is 11.1 Å². The molecule has 4 nitrogen and oxygen atoms in total. The average Bonchev–Trinajstić information content (AvgIpc) is 2.39. The maximum absolute atomic E-state index is 12.0. The van der Waals surface area contributed by atoms with E-state index in [1.807, 2.05) is 37.3 Å². The summed E-state index contributed by atoms with van der Waals surface area (Å²) in [5, 5.41) is 3.00. The molecule has 3 unspecified atom stereocenters. The minimum Gasteiger partial charge on any atom is -0.378 e. The van der Waals surface area contributed by atoms with Crippen LogP contribution in [0.5, 0.6) is 0 Å². The Morgan fingerprint density at radius 2 is 2.17 bits per heavy atom. The highest BCUT2D eigenvalue weighted by molar-refractivity contribution is 5.83. The first-order chi connectivity index (χ1) is 8.66. The summed E-state index contributed by atoms with van der Waals surface area (Å²) >= 11 is 0. The van der Waals surface area contributed by atoms with Gasteiger partial charge in [0.05, 0.1) is 6.10 Å². The Balaban J connectivity index is 1.91. The third-order valence-electron chi connectivity index (χ3n) is 3.27. The Bertz CT molecular complexity index is 394. The molecule has 1 aromatic carbocycles. The van der Waals surface area contributed by atoms with Gasteiger partial charge in [-0.15, -0.1) is 0 Å². The largest absolute Gasteiger partial charge is 0.378 e. The van der Waals surface area contributed by atoms with Crippen LogP contribution in [0, 0.1) is 0 Å². The molecule has 0 saturated carbocycles. The van der Waals surface area contributed by atoms with E-state index in [0.29, 0.717) is 6.61 Å². The van der Waals surface area contributed by atoms with Gasteiger partial charge in [-0.3, -0.25) is 4.79 Å². The Kier molecular flexibility index (Phi) is 4.33. The molecule has 0 radical (unpaired) electrons. The average molecular weight is 248 g/mol. The number of amides is 1. The number of carbonyl (C=O) groups excluding carboxylic acids is 1. The molecule has 18 heavy (non-hydrogen) atoms. The minimum absolute atomic E-state index is 0.111. The molecule has 4 heteroatoms. The minimum atomic E-state index is -0.593. The first kappa shape index (κ1) is 13.1. The standard InChI is InChI=1S/C14H20N2O2/c1-10-9-12(7-8-18-10)16-14(17)13(15)11-5-3-2-4-6-11/h2-6,10,12-13H,7-9,15H2,1H3,(H,16,17). The molecular weight excluding hydrogens is 228 g/mol. The number of carbonyl (C=O) groups is 1. The van der Waals surface area contributed by atoms with Crippen molar-refractivity contribution >= 4 is 5.91 Å². The van der Waals surface area contributed by atoms with Gasteiger partial charge >= 0.3 is 0 Å². The van der Waals surface area contributed by atoms with Gasteiger partial charge in [-0.05, 0) is 25.3 Å². The molecule has 3 atom stereocenters. The summed E-state index contributed by atoms with van der Waals surface area (Å²) in [6.45, 7) is 2.72. The monoisotopic (exact) mass is 248 g/mol. The lowest BCUT2D eigenvalue weighted by Gasteiger charge is -2.28. The number of hydrogen-bond acceptors (Lipinski definition) is 3. The lowest BCUT2D eigenvalue weighted by molar-refractivity contribution is -0.124. The van der Waals surface area contributed by atoms with Crippen molar-refractivity contribution in [2.45, 2.75) is 38.0 Å². The summed E-state index contributed by atoms with van der Waals surface area (Å²) < 4.78 is 5.45. The van der Waals surface area contributed by atoms with Gasteiger partial charge in [-0.2, -0.15) is 0 Å². The summed E-state index contributed by atoms with van der Waals surface area (Å²) in [7, 11) is 0. The van der Waals surface area contributed by atoms with E-state index in [9.17, 15) is 4.79 Å². The van der Waals surface area contributed by atoms with Crippen LogP contribution >= 0.6 is 0 Å². The number of ether oxygens (including phenoxy) is 1. The molecule has 1 amide bonds. The molecular formula is C14H20N2O2. The number of nitrogens with two attached hydrogens (primary N) is 1. The van der Waals surface area contributed by atoms with Gasteiger partial charge < -0.3 is 15.8 Å². The van der Waals surface area contributed by atoms with Crippen molar-refractivity contribution in [1.82, 2.24) is 5.32 Å². The number of rotatable bonds is 3. The van der Waals surface area contributed by atoms with E-state index < -0.39 is 6.04 Å². The van der Waals surface area contributed by atoms with Crippen LogP contribution in [0.15, 0.2) is 30.3 Å². The molecule has 1 aromatic rings. The zero-order chi connectivity index (χ0) is 13.0. The van der Waals surface area contributed by atoms with E-state index in [1.54, 1.807) is 0 Å². The lowest BCUT2D eigenvalue weighted by atomic mass is 10.0. The molecule has 1 saturated heterocycles. The van der Waals surface area contributed by atoms with Crippen molar-refractivity contribution in [3.05, 3.63) is 35.9 Å². The quantitative estimate of drug-likeness (QED) is 0.849. The first-order valence-corrected chi connectivity index (χ1v) is 6.39. The molecule has 0 aliphatic carbocycles. The van der Waals surface area contributed by atoms with E-state index in [-0.39, 0.29) is 18.1 Å². The van der Waals surface area contributed by atoms with Crippen LogP contribution in [-0.2, 0) is 9.53 Å². The number of nitrogens with one attached hydrogen (secondary N) is 1. The second-order valence-corrected chi connectivity index (χ2v) is 4.80. The molecule has 3 N–H and O–H groups in total. The van der Waals surface area contributed by atoms with Crippen LogP contribution in [0.25, 0.3) is 0 Å². The van der Waals surface area contributed by atoms with Crippen molar-refractivity contribution in [2.75, 3.05) is 6.61 Å². The Hall–Kier alpha value is -1.39. The normalized spacial score (nSPS) is 25.4. The molecule has 1 heterocycles. The van der Waals surface area contributed by atoms with Crippen molar-refractivity contribution in [2.24, 2.45) is 5.73 Å². The summed E-state index contributed by atoms with van der Waals surface area (Å²) in [4.78, 5) is 12.0. The van der Waals surface area contributed by atoms with E-state index in [4.69, 9.17) is 10.5 Å². The summed E-state index contributed by atoms with van der Waals surface area (Å²) in [5.74, 6) is -0.111. The van der Waals surface area contributed by atoms with Gasteiger partial charge in [0.2, 0.25) is 5.91 Å². The van der Waals surface area contributed by atoms with Crippen LogP contribution in [0.2, 0.25) is 0 Å². The zero-order valence-corrected chi connectivity index (χ0v) is 10.6. The predicted molar refractivity (Wildman–Crippen MR) is 69.9 cm³/mol. The summed E-state index contributed by atoms with van der Waals surface area (Å²) in [6.07, 6.45) is 1.92. The molecule has 2 rings (SSSR count). The fourth-order valence-corrected chi connectivity index (χ4v) is 2.23. The van der Waals surface area contributed by atoms with E-state index in [0.717, 1.165) is 18.4 Å². The molecule has 98 valence electrons. The van der Waals surface area contributed by atoms with Gasteiger partial charge in [0.1, 0.15) is 6.04 Å². The van der Waals surface area contributed by atoms with Gasteiger partial charge in [-0.25, -0.2) is 0 Å². The fraction of sp³-hybridized carbons (Fsp3) is 0.500. The van der Waals surface area contributed by atoms with Crippen molar-refractivity contribution < 1.29 is 9.53 Å². The second-order valence-electron chi connectivity index (χ2n) is 4.80. The molecule has 1 aliphatic heterocycles. The van der Waals surface area contributed by atoms with Gasteiger partial charge in [0, 0.05) is 12.6 Å². The number of benzene rings is 1. The van der Waals surface area contributed by atoms with Crippen LogP contribution in [-0.4, -0.2) is 24.7 Å². The summed E-state index contributed by atoms with van der Waals surface area (Å²) in [5.41, 5.74) is 6.79. The molecule has 0 aromatic heterocycles. The molecule has 0 bridgehead atoms.